The van der Waals surface area contributed by atoms with Gasteiger partial charge in [0.05, 0.1) is 0 Å². The first-order chi connectivity index (χ1) is 7.79. The molecule has 0 spiro atoms. The van der Waals surface area contributed by atoms with E-state index in [1.807, 2.05) is 0 Å². The maximum absolute atomic E-state index is 5.98. The van der Waals surface area contributed by atoms with Crippen molar-refractivity contribution >= 4 is 0 Å². The molecule has 1 aliphatic carbocycles. The van der Waals surface area contributed by atoms with Crippen molar-refractivity contribution in [1.29, 1.82) is 0 Å². The summed E-state index contributed by atoms with van der Waals surface area (Å²) in [6.07, 6.45) is 10.9. The van der Waals surface area contributed by atoms with Crippen molar-refractivity contribution in [3.05, 3.63) is 0 Å². The number of hydrogen-bond donors (Lipinski definition) is 1. The van der Waals surface area contributed by atoms with Crippen molar-refractivity contribution in [2.24, 2.45) is 11.7 Å². The second kappa shape index (κ2) is 6.02. The van der Waals surface area contributed by atoms with E-state index in [2.05, 4.69) is 11.8 Å². The van der Waals surface area contributed by atoms with Crippen LogP contribution in [-0.4, -0.2) is 30.1 Å². The van der Waals surface area contributed by atoms with E-state index in [-0.39, 0.29) is 0 Å². The first-order valence-corrected chi connectivity index (χ1v) is 7.29. The van der Waals surface area contributed by atoms with Gasteiger partial charge in [-0.2, -0.15) is 0 Å². The normalized spacial score (nSPS) is 38.2. The number of nitrogens with two attached hydrogens (primary N) is 1. The smallest absolute Gasteiger partial charge is 0.00964 e. The molecular formula is C14H28N2. The van der Waals surface area contributed by atoms with Gasteiger partial charge in [0.15, 0.2) is 0 Å². The van der Waals surface area contributed by atoms with Crippen LogP contribution in [0.1, 0.15) is 58.3 Å². The molecular weight excluding hydrogens is 196 g/mol. The fraction of sp³-hybridized carbons (Fsp3) is 1.00. The Balaban J connectivity index is 1.80. The number of nitrogens with zero attached hydrogens (tertiary/aromatic N) is 1. The highest BCUT2D eigenvalue weighted by atomic mass is 15.2. The summed E-state index contributed by atoms with van der Waals surface area (Å²) < 4.78 is 0. The minimum Gasteiger partial charge on any atom is -0.328 e. The van der Waals surface area contributed by atoms with Gasteiger partial charge >= 0.3 is 0 Å². The minimum absolute atomic E-state index is 0.492. The standard InChI is InChI=1S/C14H28N2/c1-2-12-4-3-10-16(11-9-12)14-7-5-13(15)6-8-14/h12-14H,2-11,15H2,1H3. The monoisotopic (exact) mass is 224 g/mol. The molecule has 2 heteroatoms. The van der Waals surface area contributed by atoms with Crippen LogP contribution in [0.15, 0.2) is 0 Å². The molecule has 0 radical (unpaired) electrons. The summed E-state index contributed by atoms with van der Waals surface area (Å²) in [7, 11) is 0. The van der Waals surface area contributed by atoms with Crippen LogP contribution in [0.5, 0.6) is 0 Å². The fourth-order valence-electron chi connectivity index (χ4n) is 3.43. The molecule has 2 N–H and O–H groups in total. The Morgan fingerprint density at radius 1 is 1.00 bits per heavy atom. The molecule has 16 heavy (non-hydrogen) atoms. The van der Waals surface area contributed by atoms with E-state index in [9.17, 15) is 0 Å². The molecule has 1 saturated heterocycles. The Bertz CT molecular complexity index is 197. The molecule has 94 valence electrons. The molecule has 0 aromatic rings. The van der Waals surface area contributed by atoms with Crippen LogP contribution in [0.3, 0.4) is 0 Å². The number of rotatable bonds is 2. The Morgan fingerprint density at radius 2 is 1.75 bits per heavy atom. The third-order valence-electron chi connectivity index (χ3n) is 4.72. The zero-order valence-corrected chi connectivity index (χ0v) is 10.8. The minimum atomic E-state index is 0.492. The van der Waals surface area contributed by atoms with E-state index in [0.29, 0.717) is 6.04 Å². The lowest BCUT2D eigenvalue weighted by Crippen LogP contribution is -2.41. The van der Waals surface area contributed by atoms with E-state index >= 15 is 0 Å². The van der Waals surface area contributed by atoms with Gasteiger partial charge in [-0.1, -0.05) is 13.3 Å². The average molecular weight is 224 g/mol. The van der Waals surface area contributed by atoms with Crippen molar-refractivity contribution < 1.29 is 0 Å². The predicted molar refractivity (Wildman–Crippen MR) is 69.4 cm³/mol. The zero-order valence-electron chi connectivity index (χ0n) is 10.8. The molecule has 0 amide bonds. The topological polar surface area (TPSA) is 29.3 Å². The molecule has 2 aliphatic rings. The van der Waals surface area contributed by atoms with Crippen molar-refractivity contribution in [3.8, 4) is 0 Å². The third-order valence-corrected chi connectivity index (χ3v) is 4.72. The second-order valence-electron chi connectivity index (χ2n) is 5.81. The summed E-state index contributed by atoms with van der Waals surface area (Å²) in [6, 6.07) is 1.35. The van der Waals surface area contributed by atoms with Crippen LogP contribution in [0.2, 0.25) is 0 Å². The zero-order chi connectivity index (χ0) is 11.4. The molecule has 1 heterocycles. The summed E-state index contributed by atoms with van der Waals surface area (Å²) >= 11 is 0. The SMILES string of the molecule is CCC1CCCN(C2CCC(N)CC2)CC1. The van der Waals surface area contributed by atoms with Crippen molar-refractivity contribution in [1.82, 2.24) is 4.90 Å². The Kier molecular flexibility index (Phi) is 4.66. The van der Waals surface area contributed by atoms with E-state index in [0.717, 1.165) is 12.0 Å². The van der Waals surface area contributed by atoms with Gasteiger partial charge in [0.1, 0.15) is 0 Å². The summed E-state index contributed by atoms with van der Waals surface area (Å²) in [6.45, 7) is 5.04. The molecule has 0 aromatic heterocycles. The van der Waals surface area contributed by atoms with Crippen LogP contribution in [-0.2, 0) is 0 Å². The van der Waals surface area contributed by atoms with E-state index in [4.69, 9.17) is 5.73 Å². The highest BCUT2D eigenvalue weighted by Crippen LogP contribution is 2.27. The molecule has 0 bridgehead atoms. The molecule has 1 unspecified atom stereocenters. The Hall–Kier alpha value is -0.0800. The van der Waals surface area contributed by atoms with E-state index < -0.39 is 0 Å². The van der Waals surface area contributed by atoms with Crippen LogP contribution in [0, 0.1) is 5.92 Å². The van der Waals surface area contributed by atoms with Gasteiger partial charge in [-0.05, 0) is 64.0 Å². The van der Waals surface area contributed by atoms with Gasteiger partial charge in [0.2, 0.25) is 0 Å². The summed E-state index contributed by atoms with van der Waals surface area (Å²) in [5, 5.41) is 0. The first-order valence-electron chi connectivity index (χ1n) is 7.29. The Morgan fingerprint density at radius 3 is 2.44 bits per heavy atom. The predicted octanol–water partition coefficient (Wildman–Crippen LogP) is 2.77. The molecule has 2 rings (SSSR count). The highest BCUT2D eigenvalue weighted by Gasteiger charge is 2.25. The Labute approximate surface area is 101 Å². The number of likely N-dealkylation sites (tertiary alicyclic amines) is 1. The third kappa shape index (κ3) is 3.21. The average Bonchev–Trinajstić information content (AvgIpc) is 2.55. The molecule has 1 saturated carbocycles. The van der Waals surface area contributed by atoms with Crippen LogP contribution >= 0.6 is 0 Å². The highest BCUT2D eigenvalue weighted by molar-refractivity contribution is 4.82. The molecule has 0 aromatic carbocycles. The largest absolute Gasteiger partial charge is 0.328 e. The quantitative estimate of drug-likeness (QED) is 0.781. The lowest BCUT2D eigenvalue weighted by atomic mass is 9.90. The molecule has 1 atom stereocenters. The first kappa shape index (κ1) is 12.4. The van der Waals surface area contributed by atoms with Gasteiger partial charge in [0, 0.05) is 12.1 Å². The summed E-state index contributed by atoms with van der Waals surface area (Å²) in [4.78, 5) is 2.77. The van der Waals surface area contributed by atoms with Gasteiger partial charge in [0.25, 0.3) is 0 Å². The van der Waals surface area contributed by atoms with Crippen molar-refractivity contribution in [2.75, 3.05) is 13.1 Å². The van der Waals surface area contributed by atoms with Gasteiger partial charge in [-0.25, -0.2) is 0 Å². The molecule has 2 nitrogen and oxygen atoms in total. The summed E-state index contributed by atoms with van der Waals surface area (Å²) in [5.41, 5.74) is 5.98. The lowest BCUT2D eigenvalue weighted by Gasteiger charge is -2.35. The number of hydrogen-bond acceptors (Lipinski definition) is 2. The van der Waals surface area contributed by atoms with E-state index in [1.165, 1.54) is 64.5 Å². The van der Waals surface area contributed by atoms with Crippen LogP contribution < -0.4 is 5.73 Å². The molecule has 2 fully saturated rings. The summed E-state index contributed by atoms with van der Waals surface area (Å²) in [5.74, 6) is 0.996. The van der Waals surface area contributed by atoms with Gasteiger partial charge in [-0.15, -0.1) is 0 Å². The van der Waals surface area contributed by atoms with E-state index in [1.54, 1.807) is 0 Å². The van der Waals surface area contributed by atoms with Gasteiger partial charge < -0.3 is 10.6 Å². The lowest BCUT2D eigenvalue weighted by molar-refractivity contribution is 0.153. The van der Waals surface area contributed by atoms with Crippen molar-refractivity contribution in [3.63, 3.8) is 0 Å². The molecule has 1 aliphatic heterocycles. The fourth-order valence-corrected chi connectivity index (χ4v) is 3.43. The van der Waals surface area contributed by atoms with Crippen LogP contribution in [0.25, 0.3) is 0 Å². The van der Waals surface area contributed by atoms with Gasteiger partial charge in [-0.3, -0.25) is 0 Å². The van der Waals surface area contributed by atoms with Crippen LogP contribution in [0.4, 0.5) is 0 Å². The second-order valence-corrected chi connectivity index (χ2v) is 5.81. The maximum atomic E-state index is 5.98. The van der Waals surface area contributed by atoms with Crippen molar-refractivity contribution in [2.45, 2.75) is 70.4 Å². The maximum Gasteiger partial charge on any atom is 0.00964 e.